The molecule has 0 unspecified atom stereocenters. The predicted molar refractivity (Wildman–Crippen MR) is 116 cm³/mol. The summed E-state index contributed by atoms with van der Waals surface area (Å²) in [5.41, 5.74) is 2.28. The van der Waals surface area contributed by atoms with Crippen molar-refractivity contribution in [2.75, 3.05) is 39.9 Å². The van der Waals surface area contributed by atoms with Gasteiger partial charge in [0, 0.05) is 50.8 Å². The number of aromatic amines is 1. The summed E-state index contributed by atoms with van der Waals surface area (Å²) in [4.78, 5) is 22.1. The number of hydrogen-bond acceptors (Lipinski definition) is 5. The summed E-state index contributed by atoms with van der Waals surface area (Å²) in [5, 5.41) is 7.33. The number of carbonyl (C=O) groups is 1. The molecule has 0 spiro atoms. The minimum absolute atomic E-state index is 0.0341. The Bertz CT molecular complexity index is 807. The Morgan fingerprint density at radius 2 is 2.07 bits per heavy atom. The Labute approximate surface area is 178 Å². The highest BCUT2D eigenvalue weighted by Gasteiger charge is 2.35. The normalized spacial score (nSPS) is 21.9. The number of fused-ring (bicyclic) bond motifs is 1. The van der Waals surface area contributed by atoms with Gasteiger partial charge < -0.3 is 14.5 Å². The van der Waals surface area contributed by atoms with Crippen LogP contribution >= 0.6 is 0 Å². The van der Waals surface area contributed by atoms with Crippen LogP contribution in [0.4, 0.5) is 0 Å². The first-order chi connectivity index (χ1) is 14.8. The summed E-state index contributed by atoms with van der Waals surface area (Å²) in [7, 11) is 1.71. The minimum atomic E-state index is 0.0341. The average Bonchev–Trinajstić information content (AvgIpc) is 3.29. The van der Waals surface area contributed by atoms with Gasteiger partial charge in [-0.25, -0.2) is 0 Å². The van der Waals surface area contributed by atoms with Crippen molar-refractivity contribution >= 4 is 5.91 Å². The van der Waals surface area contributed by atoms with E-state index in [2.05, 4.69) is 20.1 Å². The van der Waals surface area contributed by atoms with Crippen molar-refractivity contribution < 1.29 is 9.53 Å². The second-order valence-electron chi connectivity index (χ2n) is 8.50. The molecule has 0 aliphatic carbocycles. The van der Waals surface area contributed by atoms with Crippen molar-refractivity contribution in [3.05, 3.63) is 36.3 Å². The number of amides is 1. The molecule has 162 valence electrons. The number of hydrogen-bond donors (Lipinski definition) is 1. The summed E-state index contributed by atoms with van der Waals surface area (Å²) in [6.45, 7) is 4.62. The molecule has 0 saturated carbocycles. The fourth-order valence-electron chi connectivity index (χ4n) is 5.02. The van der Waals surface area contributed by atoms with Gasteiger partial charge in [-0.05, 0) is 69.3 Å². The second kappa shape index (κ2) is 10.2. The number of H-pyrrole nitrogens is 1. The molecule has 2 aliphatic heterocycles. The largest absolute Gasteiger partial charge is 0.385 e. The number of nitrogens with one attached hydrogen (secondary N) is 1. The van der Waals surface area contributed by atoms with Gasteiger partial charge in [-0.15, -0.1) is 0 Å². The van der Waals surface area contributed by atoms with Gasteiger partial charge in [0.25, 0.3) is 5.91 Å². The standard InChI is InChI=1S/C23H33N5O2/c1-30-15-5-14-28(17-19-6-4-13-27-12-3-2-7-22(19)27)23(29)21-16-20(25-26-21)18-8-10-24-11-9-18/h8-11,16,19,22H,2-7,12-15,17H2,1H3,(H,25,26)/t19-,22+/m1/s1. The molecule has 0 radical (unpaired) electrons. The molecule has 0 bridgehead atoms. The van der Waals surface area contributed by atoms with Crippen LogP contribution in [-0.4, -0.2) is 76.8 Å². The van der Waals surface area contributed by atoms with Crippen LogP contribution in [0.2, 0.25) is 0 Å². The van der Waals surface area contributed by atoms with E-state index >= 15 is 0 Å². The number of nitrogens with zero attached hydrogens (tertiary/aromatic N) is 4. The molecule has 2 aromatic rings. The van der Waals surface area contributed by atoms with E-state index < -0.39 is 0 Å². The third-order valence-corrected chi connectivity index (χ3v) is 6.53. The SMILES string of the molecule is COCCCN(C[C@H]1CCCN2CCCC[C@@H]12)C(=O)c1cc(-c2ccncc2)n[nH]1. The number of piperidine rings is 2. The van der Waals surface area contributed by atoms with Gasteiger partial charge in [0.1, 0.15) is 5.69 Å². The first kappa shape index (κ1) is 21.0. The zero-order valence-electron chi connectivity index (χ0n) is 17.9. The first-order valence-corrected chi connectivity index (χ1v) is 11.2. The van der Waals surface area contributed by atoms with Crippen LogP contribution in [0.5, 0.6) is 0 Å². The molecule has 1 amide bonds. The Hall–Kier alpha value is -2.25. The molecule has 2 fully saturated rings. The lowest BCUT2D eigenvalue weighted by Crippen LogP contribution is -2.51. The Balaban J connectivity index is 1.48. The zero-order valence-corrected chi connectivity index (χ0v) is 17.9. The molecule has 2 saturated heterocycles. The number of aromatic nitrogens is 3. The van der Waals surface area contributed by atoms with E-state index in [0.29, 0.717) is 30.8 Å². The Morgan fingerprint density at radius 3 is 2.90 bits per heavy atom. The van der Waals surface area contributed by atoms with Gasteiger partial charge in [-0.2, -0.15) is 5.10 Å². The highest BCUT2D eigenvalue weighted by atomic mass is 16.5. The third-order valence-electron chi connectivity index (χ3n) is 6.53. The monoisotopic (exact) mass is 411 g/mol. The highest BCUT2D eigenvalue weighted by Crippen LogP contribution is 2.31. The number of carbonyl (C=O) groups excluding carboxylic acids is 1. The van der Waals surface area contributed by atoms with Crippen molar-refractivity contribution in [2.45, 2.75) is 44.6 Å². The summed E-state index contributed by atoms with van der Waals surface area (Å²) in [5.74, 6) is 0.583. The average molecular weight is 412 g/mol. The van der Waals surface area contributed by atoms with E-state index in [9.17, 15) is 4.79 Å². The molecule has 30 heavy (non-hydrogen) atoms. The van der Waals surface area contributed by atoms with E-state index in [0.717, 1.165) is 24.2 Å². The van der Waals surface area contributed by atoms with Crippen LogP contribution in [0.1, 0.15) is 49.0 Å². The van der Waals surface area contributed by atoms with Crippen LogP contribution in [0.15, 0.2) is 30.6 Å². The summed E-state index contributed by atoms with van der Waals surface area (Å²) < 4.78 is 5.24. The van der Waals surface area contributed by atoms with E-state index in [1.807, 2.05) is 23.1 Å². The molecule has 4 rings (SSSR count). The van der Waals surface area contributed by atoms with Crippen molar-refractivity contribution in [2.24, 2.45) is 5.92 Å². The number of rotatable bonds is 8. The molecular formula is C23H33N5O2. The van der Waals surface area contributed by atoms with E-state index in [4.69, 9.17) is 4.74 Å². The maximum atomic E-state index is 13.4. The van der Waals surface area contributed by atoms with Gasteiger partial charge in [0.05, 0.1) is 5.69 Å². The molecule has 2 aromatic heterocycles. The third kappa shape index (κ3) is 4.90. The number of methoxy groups -OCH3 is 1. The maximum absolute atomic E-state index is 13.4. The first-order valence-electron chi connectivity index (χ1n) is 11.2. The van der Waals surface area contributed by atoms with Crippen LogP contribution < -0.4 is 0 Å². The van der Waals surface area contributed by atoms with Gasteiger partial charge in [0.15, 0.2) is 0 Å². The lowest BCUT2D eigenvalue weighted by atomic mass is 9.83. The van der Waals surface area contributed by atoms with Gasteiger partial charge in [-0.1, -0.05) is 6.42 Å². The Kier molecular flexibility index (Phi) is 7.12. The smallest absolute Gasteiger partial charge is 0.271 e. The summed E-state index contributed by atoms with van der Waals surface area (Å²) in [6, 6.07) is 6.29. The number of ether oxygens (including phenoxy) is 1. The van der Waals surface area contributed by atoms with Crippen LogP contribution in [0.25, 0.3) is 11.3 Å². The Morgan fingerprint density at radius 1 is 1.23 bits per heavy atom. The zero-order chi connectivity index (χ0) is 20.8. The quantitative estimate of drug-likeness (QED) is 0.675. The maximum Gasteiger partial charge on any atom is 0.271 e. The van der Waals surface area contributed by atoms with Crippen LogP contribution in [0.3, 0.4) is 0 Å². The van der Waals surface area contributed by atoms with Crippen molar-refractivity contribution in [1.82, 2.24) is 25.0 Å². The van der Waals surface area contributed by atoms with E-state index in [1.54, 1.807) is 19.5 Å². The van der Waals surface area contributed by atoms with Crippen LogP contribution in [0, 0.1) is 5.92 Å². The predicted octanol–water partition coefficient (Wildman–Crippen LogP) is 3.21. The van der Waals surface area contributed by atoms with Crippen molar-refractivity contribution in [1.29, 1.82) is 0 Å². The van der Waals surface area contributed by atoms with Crippen molar-refractivity contribution in [3.63, 3.8) is 0 Å². The van der Waals surface area contributed by atoms with Crippen molar-refractivity contribution in [3.8, 4) is 11.3 Å². The van der Waals surface area contributed by atoms with Gasteiger partial charge in [-0.3, -0.25) is 14.9 Å². The van der Waals surface area contributed by atoms with Gasteiger partial charge >= 0.3 is 0 Å². The molecule has 7 heteroatoms. The molecule has 0 aromatic carbocycles. The van der Waals surface area contributed by atoms with Crippen LogP contribution in [-0.2, 0) is 4.74 Å². The summed E-state index contributed by atoms with van der Waals surface area (Å²) in [6.07, 6.45) is 10.6. The summed E-state index contributed by atoms with van der Waals surface area (Å²) >= 11 is 0. The molecule has 4 heterocycles. The molecule has 2 atom stereocenters. The lowest BCUT2D eigenvalue weighted by molar-refractivity contribution is 0.0344. The molecule has 2 aliphatic rings. The molecule has 7 nitrogen and oxygen atoms in total. The molecule has 1 N–H and O–H groups in total. The van der Waals surface area contributed by atoms with E-state index in [-0.39, 0.29) is 5.91 Å². The lowest BCUT2D eigenvalue weighted by Gasteiger charge is -2.45. The topological polar surface area (TPSA) is 74.3 Å². The fourth-order valence-corrected chi connectivity index (χ4v) is 5.02. The molecular weight excluding hydrogens is 378 g/mol. The van der Waals surface area contributed by atoms with E-state index in [1.165, 1.54) is 45.2 Å². The highest BCUT2D eigenvalue weighted by molar-refractivity contribution is 5.93. The second-order valence-corrected chi connectivity index (χ2v) is 8.50. The fraction of sp³-hybridized carbons (Fsp3) is 0.609. The minimum Gasteiger partial charge on any atom is -0.385 e. The number of pyridine rings is 1. The van der Waals surface area contributed by atoms with Gasteiger partial charge in [0.2, 0.25) is 0 Å².